The molecular weight excluding hydrogens is 204 g/mol. The summed E-state index contributed by atoms with van der Waals surface area (Å²) in [7, 11) is 0. The molecule has 84 valence electrons. The zero-order valence-electron chi connectivity index (χ0n) is 8.98. The van der Waals surface area contributed by atoms with Gasteiger partial charge >= 0.3 is 5.97 Å². The van der Waals surface area contributed by atoms with Crippen molar-refractivity contribution < 1.29 is 9.53 Å². The second kappa shape index (κ2) is 6.40. The van der Waals surface area contributed by atoms with Gasteiger partial charge in [0.2, 0.25) is 0 Å². The molecule has 0 aliphatic heterocycles. The average Bonchev–Trinajstić information content (AvgIpc) is 2.30. The number of nitrogens with zero attached hydrogens (tertiary/aromatic N) is 1. The summed E-state index contributed by atoms with van der Waals surface area (Å²) in [6, 6.07) is 5.54. The van der Waals surface area contributed by atoms with E-state index in [-0.39, 0.29) is 6.61 Å². The number of hydrogen-bond donors (Lipinski definition) is 1. The zero-order chi connectivity index (χ0) is 11.8. The van der Waals surface area contributed by atoms with Crippen molar-refractivity contribution in [3.05, 3.63) is 49.3 Å². The van der Waals surface area contributed by atoms with Crippen molar-refractivity contribution in [1.29, 1.82) is 0 Å². The summed E-state index contributed by atoms with van der Waals surface area (Å²) in [4.78, 5) is 14.8. The molecule has 0 amide bonds. The molecule has 1 aromatic heterocycles. The van der Waals surface area contributed by atoms with Crippen molar-refractivity contribution in [3.8, 4) is 0 Å². The maximum atomic E-state index is 10.7. The quantitative estimate of drug-likeness (QED) is 0.587. The first kappa shape index (κ1) is 12.0. The molecule has 4 heteroatoms. The van der Waals surface area contributed by atoms with Crippen LogP contribution in [0.1, 0.15) is 6.42 Å². The minimum absolute atomic E-state index is 0.281. The molecule has 1 aromatic rings. The highest BCUT2D eigenvalue weighted by atomic mass is 16.5. The van der Waals surface area contributed by atoms with Crippen molar-refractivity contribution in [2.24, 2.45) is 0 Å². The molecule has 0 unspecified atom stereocenters. The molecule has 0 fully saturated rings. The molecule has 16 heavy (non-hydrogen) atoms. The van der Waals surface area contributed by atoms with Crippen LogP contribution in [-0.4, -0.2) is 17.6 Å². The van der Waals surface area contributed by atoms with Gasteiger partial charge in [0.15, 0.2) is 0 Å². The summed E-state index contributed by atoms with van der Waals surface area (Å²) >= 11 is 0. The maximum absolute atomic E-state index is 10.7. The Labute approximate surface area is 94.7 Å². The van der Waals surface area contributed by atoms with E-state index in [0.717, 1.165) is 17.6 Å². The highest BCUT2D eigenvalue weighted by molar-refractivity contribution is 5.81. The van der Waals surface area contributed by atoms with Crippen molar-refractivity contribution in [2.45, 2.75) is 6.42 Å². The molecule has 0 aliphatic carbocycles. The van der Waals surface area contributed by atoms with Gasteiger partial charge in [-0.15, -0.1) is 0 Å². The van der Waals surface area contributed by atoms with Gasteiger partial charge in [-0.25, -0.2) is 9.78 Å². The average molecular weight is 218 g/mol. The molecule has 0 saturated heterocycles. The Morgan fingerprint density at radius 1 is 1.56 bits per heavy atom. The minimum atomic E-state index is -0.425. The summed E-state index contributed by atoms with van der Waals surface area (Å²) in [5.74, 6) is 0.299. The highest BCUT2D eigenvalue weighted by Crippen LogP contribution is 2.06. The number of rotatable bonds is 6. The first-order valence-electron chi connectivity index (χ1n) is 4.87. The van der Waals surface area contributed by atoms with Crippen LogP contribution in [0.3, 0.4) is 0 Å². The topological polar surface area (TPSA) is 51.2 Å². The SMILES string of the molecule is C=CC(=O)OCCC(=C)Nc1ccccn1. The van der Waals surface area contributed by atoms with Crippen LogP contribution in [-0.2, 0) is 9.53 Å². The number of anilines is 1. The summed E-state index contributed by atoms with van der Waals surface area (Å²) < 4.78 is 4.82. The lowest BCUT2D eigenvalue weighted by atomic mass is 10.3. The summed E-state index contributed by atoms with van der Waals surface area (Å²) in [6.07, 6.45) is 3.36. The van der Waals surface area contributed by atoms with Crippen molar-refractivity contribution in [1.82, 2.24) is 4.98 Å². The molecule has 0 aliphatic rings. The maximum Gasteiger partial charge on any atom is 0.330 e. The first-order chi connectivity index (χ1) is 7.72. The van der Waals surface area contributed by atoms with Gasteiger partial charge in [0, 0.05) is 24.4 Å². The molecular formula is C12H14N2O2. The Morgan fingerprint density at radius 2 is 2.38 bits per heavy atom. The predicted octanol–water partition coefficient (Wildman–Crippen LogP) is 2.13. The number of carbonyl (C=O) groups excluding carboxylic acids is 1. The number of aromatic nitrogens is 1. The highest BCUT2D eigenvalue weighted by Gasteiger charge is 1.99. The van der Waals surface area contributed by atoms with Crippen molar-refractivity contribution >= 4 is 11.8 Å². The minimum Gasteiger partial charge on any atom is -0.462 e. The molecule has 0 radical (unpaired) electrons. The number of esters is 1. The lowest BCUT2D eigenvalue weighted by Crippen LogP contribution is -2.06. The molecule has 0 bridgehead atoms. The first-order valence-corrected chi connectivity index (χ1v) is 4.87. The van der Waals surface area contributed by atoms with Gasteiger partial charge in [-0.3, -0.25) is 0 Å². The summed E-state index contributed by atoms with van der Waals surface area (Å²) in [5, 5.41) is 3.01. The van der Waals surface area contributed by atoms with Crippen LogP contribution >= 0.6 is 0 Å². The van der Waals surface area contributed by atoms with Gasteiger partial charge in [-0.1, -0.05) is 19.2 Å². The fourth-order valence-corrected chi connectivity index (χ4v) is 1.01. The lowest BCUT2D eigenvalue weighted by Gasteiger charge is -2.08. The molecule has 4 nitrogen and oxygen atoms in total. The summed E-state index contributed by atoms with van der Waals surface area (Å²) in [5.41, 5.74) is 0.746. The van der Waals surface area contributed by atoms with Crippen LogP contribution in [0.25, 0.3) is 0 Å². The van der Waals surface area contributed by atoms with E-state index in [4.69, 9.17) is 4.74 Å². The summed E-state index contributed by atoms with van der Waals surface area (Å²) in [6.45, 7) is 7.39. The third-order valence-corrected chi connectivity index (χ3v) is 1.78. The third kappa shape index (κ3) is 4.41. The Kier molecular flexibility index (Phi) is 4.79. The predicted molar refractivity (Wildman–Crippen MR) is 62.8 cm³/mol. The van der Waals surface area contributed by atoms with E-state index in [0.29, 0.717) is 6.42 Å². The Balaban J connectivity index is 2.26. The van der Waals surface area contributed by atoms with E-state index in [9.17, 15) is 4.79 Å². The normalized spacial score (nSPS) is 9.25. The van der Waals surface area contributed by atoms with E-state index in [1.54, 1.807) is 6.20 Å². The smallest absolute Gasteiger partial charge is 0.330 e. The second-order valence-electron chi connectivity index (χ2n) is 3.07. The van der Waals surface area contributed by atoms with E-state index in [2.05, 4.69) is 23.5 Å². The third-order valence-electron chi connectivity index (χ3n) is 1.78. The zero-order valence-corrected chi connectivity index (χ0v) is 8.98. The van der Waals surface area contributed by atoms with Crippen molar-refractivity contribution in [2.75, 3.05) is 11.9 Å². The van der Waals surface area contributed by atoms with Gasteiger partial charge < -0.3 is 10.1 Å². The van der Waals surface area contributed by atoms with Gasteiger partial charge in [-0.05, 0) is 12.1 Å². The van der Waals surface area contributed by atoms with Gasteiger partial charge in [-0.2, -0.15) is 0 Å². The number of hydrogen-bond acceptors (Lipinski definition) is 4. The molecule has 0 saturated carbocycles. The monoisotopic (exact) mass is 218 g/mol. The molecule has 0 spiro atoms. The Bertz CT molecular complexity index is 374. The van der Waals surface area contributed by atoms with Crippen LogP contribution in [0.5, 0.6) is 0 Å². The van der Waals surface area contributed by atoms with Gasteiger partial charge in [0.05, 0.1) is 6.61 Å². The number of ether oxygens (including phenoxy) is 1. The van der Waals surface area contributed by atoms with E-state index in [1.165, 1.54) is 0 Å². The Hall–Kier alpha value is -2.10. The van der Waals surface area contributed by atoms with Gasteiger partial charge in [0.25, 0.3) is 0 Å². The molecule has 1 N–H and O–H groups in total. The molecule has 1 heterocycles. The van der Waals surface area contributed by atoms with Crippen LogP contribution in [0, 0.1) is 0 Å². The molecule has 1 rings (SSSR count). The fourth-order valence-electron chi connectivity index (χ4n) is 1.01. The van der Waals surface area contributed by atoms with Crippen LogP contribution < -0.4 is 5.32 Å². The lowest BCUT2D eigenvalue weighted by molar-refractivity contribution is -0.137. The molecule has 0 aromatic carbocycles. The molecule has 0 atom stereocenters. The number of nitrogens with one attached hydrogen (secondary N) is 1. The fraction of sp³-hybridized carbons (Fsp3) is 0.167. The van der Waals surface area contributed by atoms with Crippen molar-refractivity contribution in [3.63, 3.8) is 0 Å². The standard InChI is InChI=1S/C12H14N2O2/c1-3-12(15)16-9-7-10(2)14-11-6-4-5-8-13-11/h3-6,8H,1-2,7,9H2,(H,13,14). The van der Waals surface area contributed by atoms with Crippen LogP contribution in [0.2, 0.25) is 0 Å². The van der Waals surface area contributed by atoms with Gasteiger partial charge in [0.1, 0.15) is 5.82 Å². The van der Waals surface area contributed by atoms with E-state index < -0.39 is 5.97 Å². The number of carbonyl (C=O) groups is 1. The largest absolute Gasteiger partial charge is 0.462 e. The Morgan fingerprint density at radius 3 is 3.00 bits per heavy atom. The van der Waals surface area contributed by atoms with E-state index >= 15 is 0 Å². The van der Waals surface area contributed by atoms with Crippen LogP contribution in [0.4, 0.5) is 5.82 Å². The second-order valence-corrected chi connectivity index (χ2v) is 3.07. The number of pyridine rings is 1. The van der Waals surface area contributed by atoms with E-state index in [1.807, 2.05) is 18.2 Å². The van der Waals surface area contributed by atoms with Crippen LogP contribution in [0.15, 0.2) is 49.3 Å².